The third-order valence-electron chi connectivity index (χ3n) is 13.7. The average molecular weight is 959 g/mol. The predicted octanol–water partition coefficient (Wildman–Crippen LogP) is 17.7. The summed E-state index contributed by atoms with van der Waals surface area (Å²) in [6.07, 6.45) is 0. The van der Waals surface area contributed by atoms with Crippen LogP contribution >= 0.6 is 0 Å². The smallest absolute Gasteiger partial charge is 0.237 e. The van der Waals surface area contributed by atoms with E-state index < -0.39 is 250 Å². The van der Waals surface area contributed by atoms with Crippen LogP contribution in [0.1, 0.15) is 64.8 Å². The number of furan rings is 1. The van der Waals surface area contributed by atoms with Crippen molar-refractivity contribution in [3.8, 4) is 28.8 Å². The van der Waals surface area contributed by atoms with Crippen LogP contribution in [-0.4, -0.2) is 18.3 Å². The van der Waals surface area contributed by atoms with E-state index in [0.29, 0.717) is 27.1 Å². The lowest BCUT2D eigenvalue weighted by molar-refractivity contribution is 0.591. The third-order valence-corrected chi connectivity index (χ3v) is 13.7. The summed E-state index contributed by atoms with van der Waals surface area (Å²) in [5, 5.41) is 11.3. The first kappa shape index (κ1) is 23.9. The molecule has 7 heteroatoms. The molecule has 0 saturated heterocycles. The summed E-state index contributed by atoms with van der Waals surface area (Å²) in [5.41, 5.74) is -8.11. The standard InChI is InChI=1S/C66H42N6O/c1-66(2,3)39-33-36-57-49(37-39)47-34-35-48-46-25-11-18-32-58(46)73-65(48)62(47)72(57)64-61(70-53-28-14-7-21-42(53)43-22-8-15-29-54(43)70)50(38-67)60(69-51-26-12-5-19-40(51)41-20-6-13-27-52(41)69)59(68-4)63(64)71-55-30-16-9-23-44(55)45-24-10-17-31-56(45)71/h5-37H,1-3H3/i5D,6D,7D,8D,9D,10D,12D,13D,14D,15D,16D,17D,19D,20D,21D,22D,23D,24D,26D,27D,28D,29D,30D,31D. The van der Waals surface area contributed by atoms with Gasteiger partial charge in [0.05, 0.1) is 112 Å². The van der Waals surface area contributed by atoms with Crippen LogP contribution in [0.25, 0.3) is 137 Å². The Bertz CT molecular complexity index is 6020. The number of aromatic nitrogens is 4. The molecule has 0 spiro atoms. The monoisotopic (exact) mass is 958 g/mol. The Morgan fingerprint density at radius 3 is 1.40 bits per heavy atom. The van der Waals surface area contributed by atoms with Crippen molar-refractivity contribution in [3.05, 3.63) is 222 Å². The van der Waals surface area contributed by atoms with Gasteiger partial charge in [0.25, 0.3) is 0 Å². The molecular formula is C66H42N6O. The Balaban J connectivity index is 1.42. The van der Waals surface area contributed by atoms with E-state index in [1.807, 2.05) is 26.8 Å². The van der Waals surface area contributed by atoms with Gasteiger partial charge in [0.2, 0.25) is 5.69 Å². The predicted molar refractivity (Wildman–Crippen MR) is 301 cm³/mol. The van der Waals surface area contributed by atoms with Gasteiger partial charge in [0.1, 0.15) is 11.7 Å². The van der Waals surface area contributed by atoms with E-state index in [4.69, 9.17) is 12.6 Å². The van der Waals surface area contributed by atoms with Gasteiger partial charge in [-0.2, -0.15) is 5.26 Å². The fourth-order valence-corrected chi connectivity index (χ4v) is 10.7. The number of nitriles is 1. The molecule has 73 heavy (non-hydrogen) atoms. The first-order valence-electron chi connectivity index (χ1n) is 34.7. The molecule has 7 nitrogen and oxygen atoms in total. The number of hydrogen-bond acceptors (Lipinski definition) is 2. The van der Waals surface area contributed by atoms with E-state index in [-0.39, 0.29) is 16.6 Å². The zero-order valence-corrected chi connectivity index (χ0v) is 38.3. The molecular weight excluding hydrogens is 893 g/mol. The van der Waals surface area contributed by atoms with Crippen LogP contribution in [-0.2, 0) is 5.41 Å². The molecule has 10 aromatic carbocycles. The average Bonchev–Trinajstić information content (AvgIpc) is 1.52. The van der Waals surface area contributed by atoms with E-state index in [2.05, 4.69) is 10.9 Å². The molecule has 0 fully saturated rings. The summed E-state index contributed by atoms with van der Waals surface area (Å²) in [6.45, 7) is 15.7. The minimum Gasteiger partial charge on any atom is -0.454 e. The Labute approximate surface area is 452 Å². The van der Waals surface area contributed by atoms with E-state index in [0.717, 1.165) is 19.3 Å². The molecule has 0 bridgehead atoms. The highest BCUT2D eigenvalue weighted by molar-refractivity contribution is 6.23. The lowest BCUT2D eigenvalue weighted by Crippen LogP contribution is -2.15. The molecule has 342 valence electrons. The van der Waals surface area contributed by atoms with Crippen molar-refractivity contribution in [2.24, 2.45) is 0 Å². The Morgan fingerprint density at radius 2 is 0.918 bits per heavy atom. The molecule has 5 heterocycles. The number of fused-ring (bicyclic) bond motifs is 16. The molecule has 0 unspecified atom stereocenters. The molecule has 15 aromatic rings. The Hall–Kier alpha value is -9.82. The second-order valence-corrected chi connectivity index (χ2v) is 18.4. The highest BCUT2D eigenvalue weighted by Gasteiger charge is 2.35. The molecule has 15 rings (SSSR count). The van der Waals surface area contributed by atoms with E-state index in [1.54, 1.807) is 48.5 Å². The summed E-state index contributed by atoms with van der Waals surface area (Å²) >= 11 is 0. The van der Waals surface area contributed by atoms with Gasteiger partial charge in [-0.15, -0.1) is 0 Å². The van der Waals surface area contributed by atoms with Crippen molar-refractivity contribution >= 4 is 115 Å². The maximum atomic E-state index is 12.9. The SMILES string of the molecule is [2H]c1c([2H])c([2H])c2c(c1[2H])c1c([2H])c([2H])c([2H])c([2H])c1n2-c1c(C#N)c(-n2c3c([2H])c([2H])c([2H])c([2H])c3c3c([2H])c([2H])c([2H])c([2H])c32)c(-n2c3ccc(C(C)(C)C)cc3c3ccc4c5ccccc5oc4c32)c(-n2c3c([2H])c([2H])c([2H])c([2H])c3c3c([2H])c([2H])c([2H])c([2H])c32)c1[N+]#[C-]. The van der Waals surface area contributed by atoms with Crippen LogP contribution in [0.15, 0.2) is 204 Å². The van der Waals surface area contributed by atoms with E-state index in [1.165, 1.54) is 4.57 Å². The molecule has 0 amide bonds. The van der Waals surface area contributed by atoms with Gasteiger partial charge in [-0.1, -0.05) is 160 Å². The van der Waals surface area contributed by atoms with Crippen molar-refractivity contribution in [2.45, 2.75) is 26.2 Å². The number of nitrogens with zero attached hydrogens (tertiary/aromatic N) is 6. The molecule has 0 aliphatic heterocycles. The van der Waals surface area contributed by atoms with Crippen LogP contribution in [0.4, 0.5) is 5.69 Å². The largest absolute Gasteiger partial charge is 0.454 e. The van der Waals surface area contributed by atoms with Crippen LogP contribution in [0.3, 0.4) is 0 Å². The summed E-state index contributed by atoms with van der Waals surface area (Å²) in [4.78, 5) is 4.22. The number of para-hydroxylation sites is 7. The zero-order valence-electron chi connectivity index (χ0n) is 62.3. The van der Waals surface area contributed by atoms with Crippen molar-refractivity contribution in [1.29, 1.82) is 5.26 Å². The number of benzene rings is 10. The summed E-state index contributed by atoms with van der Waals surface area (Å²) in [5.74, 6) is 0. The van der Waals surface area contributed by atoms with Crippen LogP contribution in [0, 0.1) is 17.9 Å². The van der Waals surface area contributed by atoms with Gasteiger partial charge >= 0.3 is 0 Å². The van der Waals surface area contributed by atoms with E-state index in [9.17, 15) is 36.5 Å². The maximum Gasteiger partial charge on any atom is 0.237 e. The minimum atomic E-state index is -0.963. The Kier molecular flexibility index (Phi) is 4.85. The van der Waals surface area contributed by atoms with Gasteiger partial charge in [0.15, 0.2) is 5.58 Å². The maximum absolute atomic E-state index is 12.9. The molecule has 0 aliphatic rings. The second-order valence-electron chi connectivity index (χ2n) is 18.4. The first-order chi connectivity index (χ1) is 45.8. The van der Waals surface area contributed by atoms with E-state index >= 15 is 0 Å². The molecule has 5 aromatic heterocycles. The van der Waals surface area contributed by atoms with Gasteiger partial charge in [-0.25, -0.2) is 4.85 Å². The van der Waals surface area contributed by atoms with Crippen LogP contribution in [0.2, 0.25) is 0 Å². The molecule has 0 saturated carbocycles. The quantitative estimate of drug-likeness (QED) is 0.165. The van der Waals surface area contributed by atoms with Gasteiger partial charge in [-0.05, 0) is 71.5 Å². The lowest BCUT2D eigenvalue weighted by atomic mass is 9.86. The highest BCUT2D eigenvalue weighted by Crippen LogP contribution is 2.53. The number of hydrogen-bond donors (Lipinski definition) is 0. The fraction of sp³-hybridized carbons (Fsp3) is 0.0606. The van der Waals surface area contributed by atoms with Gasteiger partial charge in [0, 0.05) is 53.9 Å². The fourth-order valence-electron chi connectivity index (χ4n) is 10.7. The molecule has 0 atom stereocenters. The van der Waals surface area contributed by atoms with Crippen molar-refractivity contribution in [3.63, 3.8) is 0 Å². The van der Waals surface area contributed by atoms with Crippen molar-refractivity contribution in [2.75, 3.05) is 0 Å². The van der Waals surface area contributed by atoms with Gasteiger partial charge < -0.3 is 22.7 Å². The van der Waals surface area contributed by atoms with Gasteiger partial charge in [-0.3, -0.25) is 0 Å². The summed E-state index contributed by atoms with van der Waals surface area (Å²) < 4.78 is 239. The van der Waals surface area contributed by atoms with Crippen LogP contribution < -0.4 is 0 Å². The molecule has 0 aliphatic carbocycles. The topological polar surface area (TPSA) is 61.0 Å². The lowest BCUT2D eigenvalue weighted by Gasteiger charge is -2.27. The molecule has 0 N–H and O–H groups in total. The summed E-state index contributed by atoms with van der Waals surface area (Å²) in [6, 6.07) is -3.93. The highest BCUT2D eigenvalue weighted by atomic mass is 16.3. The first-order valence-corrected chi connectivity index (χ1v) is 22.7. The number of rotatable bonds is 4. The third kappa shape index (κ3) is 5.45. The summed E-state index contributed by atoms with van der Waals surface area (Å²) in [7, 11) is 0. The minimum absolute atomic E-state index is 0.0686. The zero-order chi connectivity index (χ0) is 69.7. The van der Waals surface area contributed by atoms with Crippen molar-refractivity contribution in [1.82, 2.24) is 18.3 Å². The van der Waals surface area contributed by atoms with Crippen molar-refractivity contribution < 1.29 is 37.3 Å². The normalized spacial score (nSPS) is 16.9. The second kappa shape index (κ2) is 14.9. The Morgan fingerprint density at radius 1 is 0.466 bits per heavy atom. The molecule has 0 radical (unpaired) electrons. The van der Waals surface area contributed by atoms with Crippen LogP contribution in [0.5, 0.6) is 0 Å².